The van der Waals surface area contributed by atoms with Gasteiger partial charge in [0.1, 0.15) is 19.3 Å². The molecule has 2 N–H and O–H groups in total. The summed E-state index contributed by atoms with van der Waals surface area (Å²) in [6.45, 7) is 6.92. The summed E-state index contributed by atoms with van der Waals surface area (Å²) in [4.78, 5) is 37.6. The molecule has 0 spiro atoms. The molecule has 9 nitrogen and oxygen atoms in total. The largest absolute Gasteiger partial charge is 0.472 e. The summed E-state index contributed by atoms with van der Waals surface area (Å²) in [5, 5.41) is 3.01. The fraction of sp³-hybridized carbons (Fsp3) is 0.761. The minimum absolute atomic E-state index is 0.0280. The SMILES string of the molecule is CCCCC/C=C\C/C=C\C/C=C\C/C=C\CCCCCCCCCCCCCC(=O)OC(/C=C\CCCCCCCCCCC)C(COP(=O)(O)OCC[N+](C)(C)C)NC(=O)CC/C=C/C/C=C\CCCCCCCC. The van der Waals surface area contributed by atoms with Crippen molar-refractivity contribution in [2.75, 3.05) is 40.9 Å². The van der Waals surface area contributed by atoms with E-state index in [1.54, 1.807) is 0 Å². The molecule has 0 aromatic carbocycles. The van der Waals surface area contributed by atoms with E-state index in [1.165, 1.54) is 167 Å². The van der Waals surface area contributed by atoms with Crippen molar-refractivity contribution < 1.29 is 37.3 Å². The molecule has 3 atom stereocenters. The van der Waals surface area contributed by atoms with Crippen molar-refractivity contribution in [3.8, 4) is 0 Å². The number of carbonyl (C=O) groups is 2. The van der Waals surface area contributed by atoms with Gasteiger partial charge in [0.2, 0.25) is 5.91 Å². The van der Waals surface area contributed by atoms with E-state index in [1.807, 2.05) is 39.4 Å². The van der Waals surface area contributed by atoms with Gasteiger partial charge in [0.25, 0.3) is 0 Å². The van der Waals surface area contributed by atoms with Crippen LogP contribution < -0.4 is 5.32 Å². The second kappa shape index (κ2) is 56.5. The van der Waals surface area contributed by atoms with E-state index in [0.29, 0.717) is 17.4 Å². The Labute approximate surface area is 476 Å². The first-order chi connectivity index (χ1) is 37.4. The number of phosphoric ester groups is 1. The number of allylic oxidation sites excluding steroid dienone is 13. The molecule has 77 heavy (non-hydrogen) atoms. The average molecular weight is 1100 g/mol. The summed E-state index contributed by atoms with van der Waals surface area (Å²) in [5.41, 5.74) is 0. The standard InChI is InChI=1S/C67H121N2O7P/c1-7-10-13-16-19-22-25-27-28-29-30-31-32-33-34-35-36-37-38-39-40-42-45-48-51-54-57-60-67(71)76-65(58-55-52-49-46-43-24-21-18-15-12-9-3)64(63-75-77(72,73)74-62-61-69(4,5)6)68-66(70)59-56-53-50-47-44-41-26-23-20-17-14-11-8-2/h19,22,27-28,30-31,33-34,41,44,50,53,55,58,64-65H,7-18,20-21,23-26,29,32,35-40,42-43,45-49,51-52,54,56-57,59-63H2,1-6H3,(H-,68,70,72,73)/p+1/b22-19-,28-27-,31-30-,34-33-,44-41-,53-50+,58-55-. The van der Waals surface area contributed by atoms with Crippen LogP contribution in [0.5, 0.6) is 0 Å². The van der Waals surface area contributed by atoms with Crippen molar-refractivity contribution >= 4 is 19.7 Å². The van der Waals surface area contributed by atoms with Crippen LogP contribution in [0.25, 0.3) is 0 Å². The highest BCUT2D eigenvalue weighted by atomic mass is 31.2. The molecule has 446 valence electrons. The zero-order valence-corrected chi connectivity index (χ0v) is 51.8. The molecule has 0 rings (SSSR count). The van der Waals surface area contributed by atoms with Crippen LogP contribution in [0, 0.1) is 0 Å². The molecule has 0 saturated heterocycles. The minimum atomic E-state index is -4.46. The van der Waals surface area contributed by atoms with Crippen molar-refractivity contribution in [2.45, 2.75) is 290 Å². The van der Waals surface area contributed by atoms with Gasteiger partial charge >= 0.3 is 13.8 Å². The molecule has 3 unspecified atom stereocenters. The lowest BCUT2D eigenvalue weighted by Crippen LogP contribution is -2.47. The zero-order chi connectivity index (χ0) is 56.4. The first-order valence-electron chi connectivity index (χ1n) is 31.9. The van der Waals surface area contributed by atoms with Crippen LogP contribution in [-0.2, 0) is 27.9 Å². The van der Waals surface area contributed by atoms with Crippen LogP contribution in [0.3, 0.4) is 0 Å². The summed E-state index contributed by atoms with van der Waals surface area (Å²) >= 11 is 0. The predicted octanol–water partition coefficient (Wildman–Crippen LogP) is 19.8. The van der Waals surface area contributed by atoms with Crippen LogP contribution in [0.15, 0.2) is 85.1 Å². The van der Waals surface area contributed by atoms with Gasteiger partial charge in [0, 0.05) is 12.8 Å². The van der Waals surface area contributed by atoms with Gasteiger partial charge < -0.3 is 19.4 Å². The molecule has 0 aliphatic heterocycles. The minimum Gasteiger partial charge on any atom is -0.456 e. The quantitative estimate of drug-likeness (QED) is 0.0205. The first-order valence-corrected chi connectivity index (χ1v) is 33.4. The Kier molecular flexibility index (Phi) is 54.4. The number of quaternary nitrogens is 1. The number of unbranched alkanes of at least 4 members (excludes halogenated alkanes) is 29. The number of rotatable bonds is 57. The highest BCUT2D eigenvalue weighted by molar-refractivity contribution is 7.47. The number of hydrogen-bond acceptors (Lipinski definition) is 6. The van der Waals surface area contributed by atoms with Gasteiger partial charge in [-0.2, -0.15) is 0 Å². The third kappa shape index (κ3) is 57.7. The molecule has 0 saturated carbocycles. The van der Waals surface area contributed by atoms with E-state index in [0.717, 1.165) is 70.6 Å². The van der Waals surface area contributed by atoms with Crippen LogP contribution in [0.1, 0.15) is 278 Å². The molecular formula is C67H122N2O7P+. The molecule has 0 radical (unpaired) electrons. The number of ether oxygens (including phenoxy) is 1. The Balaban J connectivity index is 5.09. The maximum atomic E-state index is 13.5. The molecule has 10 heteroatoms. The fourth-order valence-electron chi connectivity index (χ4n) is 8.86. The number of nitrogens with one attached hydrogen (secondary N) is 1. The van der Waals surface area contributed by atoms with Gasteiger partial charge in [-0.1, -0.05) is 254 Å². The monoisotopic (exact) mass is 1100 g/mol. The van der Waals surface area contributed by atoms with Crippen molar-refractivity contribution in [3.63, 3.8) is 0 Å². The summed E-state index contributed by atoms with van der Waals surface area (Å²) in [6.07, 6.45) is 74.7. The number of nitrogens with zero attached hydrogens (tertiary/aromatic N) is 1. The number of esters is 1. The first kappa shape index (κ1) is 74.2. The van der Waals surface area contributed by atoms with Crippen LogP contribution in [-0.4, -0.2) is 74.3 Å². The average Bonchev–Trinajstić information content (AvgIpc) is 3.39. The Bertz CT molecular complexity index is 1590. The van der Waals surface area contributed by atoms with Crippen molar-refractivity contribution in [1.82, 2.24) is 5.32 Å². The molecule has 0 fully saturated rings. The van der Waals surface area contributed by atoms with E-state index in [-0.39, 0.29) is 37.9 Å². The van der Waals surface area contributed by atoms with Crippen LogP contribution in [0.4, 0.5) is 0 Å². The van der Waals surface area contributed by atoms with Gasteiger partial charge in [-0.05, 0) is 96.0 Å². The van der Waals surface area contributed by atoms with Crippen molar-refractivity contribution in [3.05, 3.63) is 85.1 Å². The Morgan fingerprint density at radius 3 is 1.23 bits per heavy atom. The van der Waals surface area contributed by atoms with E-state index < -0.39 is 20.0 Å². The molecule has 0 heterocycles. The summed E-state index contributed by atoms with van der Waals surface area (Å²) in [7, 11) is 1.46. The number of phosphoric acid groups is 1. The van der Waals surface area contributed by atoms with Gasteiger partial charge in [-0.15, -0.1) is 0 Å². The summed E-state index contributed by atoms with van der Waals surface area (Å²) < 4.78 is 30.6. The fourth-order valence-corrected chi connectivity index (χ4v) is 9.59. The second-order valence-corrected chi connectivity index (χ2v) is 24.0. The molecule has 1 amide bonds. The Morgan fingerprint density at radius 1 is 0.455 bits per heavy atom. The van der Waals surface area contributed by atoms with E-state index in [4.69, 9.17) is 13.8 Å². The van der Waals surface area contributed by atoms with Gasteiger partial charge in [0.15, 0.2) is 0 Å². The van der Waals surface area contributed by atoms with E-state index >= 15 is 0 Å². The number of carbonyl (C=O) groups excluding carboxylic acids is 2. The lowest BCUT2D eigenvalue weighted by atomic mass is 10.0. The van der Waals surface area contributed by atoms with Crippen LogP contribution >= 0.6 is 7.82 Å². The smallest absolute Gasteiger partial charge is 0.456 e. The molecule has 0 bridgehead atoms. The lowest BCUT2D eigenvalue weighted by Gasteiger charge is -2.27. The Hall–Kier alpha value is -2.81. The highest BCUT2D eigenvalue weighted by Gasteiger charge is 2.30. The number of hydrogen-bond donors (Lipinski definition) is 2. The van der Waals surface area contributed by atoms with Crippen molar-refractivity contribution in [1.29, 1.82) is 0 Å². The highest BCUT2D eigenvalue weighted by Crippen LogP contribution is 2.43. The predicted molar refractivity (Wildman–Crippen MR) is 332 cm³/mol. The summed E-state index contributed by atoms with van der Waals surface area (Å²) in [6, 6.07) is -0.882. The number of amides is 1. The van der Waals surface area contributed by atoms with Gasteiger partial charge in [-0.25, -0.2) is 4.57 Å². The lowest BCUT2D eigenvalue weighted by molar-refractivity contribution is -0.870. The Morgan fingerprint density at radius 2 is 0.805 bits per heavy atom. The van der Waals surface area contributed by atoms with Gasteiger partial charge in [-0.3, -0.25) is 18.6 Å². The third-order valence-corrected chi connectivity index (χ3v) is 14.8. The molecular weight excluding hydrogens is 976 g/mol. The second-order valence-electron chi connectivity index (χ2n) is 22.6. The zero-order valence-electron chi connectivity index (χ0n) is 50.9. The maximum absolute atomic E-state index is 13.5. The molecule has 0 aromatic rings. The van der Waals surface area contributed by atoms with Crippen molar-refractivity contribution in [2.24, 2.45) is 0 Å². The third-order valence-electron chi connectivity index (χ3n) is 13.8. The van der Waals surface area contributed by atoms with Crippen LogP contribution in [0.2, 0.25) is 0 Å². The topological polar surface area (TPSA) is 111 Å². The molecule has 0 aliphatic rings. The maximum Gasteiger partial charge on any atom is 0.472 e. The molecule has 0 aromatic heterocycles. The molecule has 0 aliphatic carbocycles. The normalized spacial score (nSPS) is 14.2. The summed E-state index contributed by atoms with van der Waals surface area (Å²) in [5.74, 6) is -0.587. The van der Waals surface area contributed by atoms with Gasteiger partial charge in [0.05, 0.1) is 33.8 Å². The number of likely N-dealkylation sites (N-methyl/N-ethyl adjacent to an activating group) is 1. The van der Waals surface area contributed by atoms with E-state index in [9.17, 15) is 19.0 Å². The van der Waals surface area contributed by atoms with E-state index in [2.05, 4.69) is 92.9 Å².